The van der Waals surface area contributed by atoms with Gasteiger partial charge < -0.3 is 14.7 Å². The largest absolute Gasteiger partial charge is 0.366 e. The molecule has 0 spiro atoms. The Labute approximate surface area is 181 Å². The second-order valence-corrected chi connectivity index (χ2v) is 8.65. The van der Waals surface area contributed by atoms with E-state index in [4.69, 9.17) is 0 Å². The standard InChI is InChI=1S/C22H28FN5OS/c23-18-7-3-4-8-19(18)26-13-15-28(16-14-26)21(29)17-30-22-24-10-9-20(25-22)27-11-5-1-2-6-12-27/h3-4,7-10H,1-2,5-6,11-17H2. The molecule has 0 aliphatic carbocycles. The molecular formula is C22H28FN5OS. The first-order valence-corrected chi connectivity index (χ1v) is 11.7. The normalized spacial score (nSPS) is 17.7. The number of piperazine rings is 1. The molecule has 30 heavy (non-hydrogen) atoms. The number of nitrogens with zero attached hydrogens (tertiary/aromatic N) is 5. The first kappa shape index (κ1) is 20.9. The fourth-order valence-electron chi connectivity index (χ4n) is 4.00. The van der Waals surface area contributed by atoms with Crippen molar-refractivity contribution >= 4 is 29.2 Å². The Morgan fingerprint density at radius 1 is 0.933 bits per heavy atom. The second-order valence-electron chi connectivity index (χ2n) is 7.71. The maximum absolute atomic E-state index is 14.0. The van der Waals surface area contributed by atoms with E-state index >= 15 is 0 Å². The van der Waals surface area contributed by atoms with Crippen LogP contribution in [-0.2, 0) is 4.79 Å². The lowest BCUT2D eigenvalue weighted by atomic mass is 10.2. The third kappa shape index (κ3) is 5.22. The SMILES string of the molecule is O=C(CSc1nccc(N2CCCCCC2)n1)N1CCN(c2ccccc2F)CC1. The molecular weight excluding hydrogens is 401 g/mol. The molecule has 1 amide bonds. The van der Waals surface area contributed by atoms with Crippen LogP contribution in [0.25, 0.3) is 0 Å². The van der Waals surface area contributed by atoms with Gasteiger partial charge in [0.1, 0.15) is 11.6 Å². The zero-order valence-corrected chi connectivity index (χ0v) is 18.0. The van der Waals surface area contributed by atoms with Gasteiger partial charge in [0.2, 0.25) is 5.91 Å². The number of thioether (sulfide) groups is 1. The molecule has 0 saturated carbocycles. The van der Waals surface area contributed by atoms with Gasteiger partial charge in [0.25, 0.3) is 0 Å². The van der Waals surface area contributed by atoms with E-state index in [0.717, 1.165) is 18.9 Å². The average Bonchev–Trinajstić information content (AvgIpc) is 3.08. The number of benzene rings is 1. The molecule has 2 aromatic rings. The predicted molar refractivity (Wildman–Crippen MR) is 119 cm³/mol. The van der Waals surface area contributed by atoms with Gasteiger partial charge >= 0.3 is 0 Å². The molecule has 4 rings (SSSR count). The van der Waals surface area contributed by atoms with Crippen molar-refractivity contribution in [1.82, 2.24) is 14.9 Å². The van der Waals surface area contributed by atoms with Gasteiger partial charge in [-0.1, -0.05) is 36.7 Å². The molecule has 0 N–H and O–H groups in total. The zero-order chi connectivity index (χ0) is 20.8. The highest BCUT2D eigenvalue weighted by molar-refractivity contribution is 7.99. The summed E-state index contributed by atoms with van der Waals surface area (Å²) in [5.74, 6) is 1.15. The van der Waals surface area contributed by atoms with E-state index < -0.39 is 0 Å². The average molecular weight is 430 g/mol. The van der Waals surface area contributed by atoms with Crippen LogP contribution in [0.3, 0.4) is 0 Å². The molecule has 6 nitrogen and oxygen atoms in total. The summed E-state index contributed by atoms with van der Waals surface area (Å²) in [5.41, 5.74) is 0.609. The number of para-hydroxylation sites is 1. The van der Waals surface area contributed by atoms with E-state index in [1.165, 1.54) is 43.5 Å². The molecule has 2 aliphatic rings. The van der Waals surface area contributed by atoms with Crippen molar-refractivity contribution in [2.45, 2.75) is 30.8 Å². The summed E-state index contributed by atoms with van der Waals surface area (Å²) in [5, 5.41) is 0.648. The molecule has 2 saturated heterocycles. The van der Waals surface area contributed by atoms with Gasteiger partial charge in [-0.3, -0.25) is 4.79 Å². The van der Waals surface area contributed by atoms with Gasteiger partial charge in [-0.25, -0.2) is 14.4 Å². The highest BCUT2D eigenvalue weighted by atomic mass is 32.2. The van der Waals surface area contributed by atoms with Crippen LogP contribution in [-0.4, -0.2) is 65.8 Å². The van der Waals surface area contributed by atoms with E-state index in [0.29, 0.717) is 42.8 Å². The minimum Gasteiger partial charge on any atom is -0.366 e. The first-order valence-electron chi connectivity index (χ1n) is 10.7. The molecule has 2 aliphatic heterocycles. The molecule has 0 radical (unpaired) electrons. The van der Waals surface area contributed by atoms with Gasteiger partial charge in [-0.2, -0.15) is 0 Å². The third-order valence-electron chi connectivity index (χ3n) is 5.70. The van der Waals surface area contributed by atoms with Gasteiger partial charge in [-0.05, 0) is 31.0 Å². The minimum absolute atomic E-state index is 0.0805. The molecule has 160 valence electrons. The van der Waals surface area contributed by atoms with Gasteiger partial charge in [-0.15, -0.1) is 0 Å². The molecule has 0 bridgehead atoms. The summed E-state index contributed by atoms with van der Waals surface area (Å²) < 4.78 is 14.0. The summed E-state index contributed by atoms with van der Waals surface area (Å²) >= 11 is 1.39. The van der Waals surface area contributed by atoms with E-state index in [9.17, 15) is 9.18 Å². The van der Waals surface area contributed by atoms with Crippen LogP contribution in [0.1, 0.15) is 25.7 Å². The van der Waals surface area contributed by atoms with Crippen LogP contribution in [0.15, 0.2) is 41.7 Å². The quantitative estimate of drug-likeness (QED) is 0.536. The Kier molecular flexibility index (Phi) is 7.04. The third-order valence-corrected chi connectivity index (χ3v) is 6.55. The number of anilines is 2. The number of carbonyl (C=O) groups excluding carboxylic acids is 1. The summed E-state index contributed by atoms with van der Waals surface area (Å²) in [6.07, 6.45) is 6.74. The van der Waals surface area contributed by atoms with Crippen molar-refractivity contribution < 1.29 is 9.18 Å². The van der Waals surface area contributed by atoms with Crippen LogP contribution < -0.4 is 9.80 Å². The first-order chi connectivity index (χ1) is 14.7. The lowest BCUT2D eigenvalue weighted by molar-refractivity contribution is -0.128. The highest BCUT2D eigenvalue weighted by Crippen LogP contribution is 2.22. The highest BCUT2D eigenvalue weighted by Gasteiger charge is 2.23. The van der Waals surface area contributed by atoms with E-state index in [1.807, 2.05) is 21.9 Å². The van der Waals surface area contributed by atoms with Crippen molar-refractivity contribution in [3.63, 3.8) is 0 Å². The van der Waals surface area contributed by atoms with Gasteiger partial charge in [0.05, 0.1) is 11.4 Å². The minimum atomic E-state index is -0.214. The molecule has 0 atom stereocenters. The number of amides is 1. The van der Waals surface area contributed by atoms with Crippen molar-refractivity contribution in [2.24, 2.45) is 0 Å². The summed E-state index contributed by atoms with van der Waals surface area (Å²) in [6.45, 7) is 4.54. The topological polar surface area (TPSA) is 52.6 Å². The lowest BCUT2D eigenvalue weighted by Gasteiger charge is -2.36. The Balaban J connectivity index is 1.28. The Hall–Kier alpha value is -2.35. The maximum Gasteiger partial charge on any atom is 0.233 e. The van der Waals surface area contributed by atoms with Crippen LogP contribution in [0.5, 0.6) is 0 Å². The van der Waals surface area contributed by atoms with Crippen LogP contribution in [0.4, 0.5) is 15.9 Å². The lowest BCUT2D eigenvalue weighted by Crippen LogP contribution is -2.49. The summed E-state index contributed by atoms with van der Waals surface area (Å²) in [7, 11) is 0. The van der Waals surface area contributed by atoms with Crippen molar-refractivity contribution in [2.75, 3.05) is 54.8 Å². The van der Waals surface area contributed by atoms with Gasteiger partial charge in [0.15, 0.2) is 5.16 Å². The Bertz CT molecular complexity index is 851. The van der Waals surface area contributed by atoms with Crippen LogP contribution in [0.2, 0.25) is 0 Å². The smallest absolute Gasteiger partial charge is 0.233 e. The number of halogens is 1. The number of hydrogen-bond donors (Lipinski definition) is 0. The molecule has 1 aromatic carbocycles. The molecule has 3 heterocycles. The van der Waals surface area contributed by atoms with E-state index in [-0.39, 0.29) is 11.7 Å². The molecule has 0 unspecified atom stereocenters. The summed E-state index contributed by atoms with van der Waals surface area (Å²) in [4.78, 5) is 27.8. The molecule has 8 heteroatoms. The fraction of sp³-hybridized carbons (Fsp3) is 0.500. The zero-order valence-electron chi connectivity index (χ0n) is 17.2. The fourth-order valence-corrected chi connectivity index (χ4v) is 4.73. The Morgan fingerprint density at radius 2 is 1.67 bits per heavy atom. The number of rotatable bonds is 5. The van der Waals surface area contributed by atoms with Gasteiger partial charge in [0, 0.05) is 45.5 Å². The number of carbonyl (C=O) groups is 1. The maximum atomic E-state index is 14.0. The Morgan fingerprint density at radius 3 is 2.40 bits per heavy atom. The summed E-state index contributed by atoms with van der Waals surface area (Å²) in [6, 6.07) is 8.76. The number of hydrogen-bond acceptors (Lipinski definition) is 6. The monoisotopic (exact) mass is 429 g/mol. The van der Waals surface area contributed by atoms with Crippen LogP contribution in [0, 0.1) is 5.82 Å². The van der Waals surface area contributed by atoms with Crippen LogP contribution >= 0.6 is 11.8 Å². The predicted octanol–water partition coefficient (Wildman–Crippen LogP) is 3.44. The number of aromatic nitrogens is 2. The van der Waals surface area contributed by atoms with Crippen molar-refractivity contribution in [3.8, 4) is 0 Å². The molecule has 2 fully saturated rings. The second kappa shape index (κ2) is 10.1. The van der Waals surface area contributed by atoms with E-state index in [1.54, 1.807) is 18.3 Å². The van der Waals surface area contributed by atoms with Crippen molar-refractivity contribution in [3.05, 3.63) is 42.3 Å². The van der Waals surface area contributed by atoms with Crippen molar-refractivity contribution in [1.29, 1.82) is 0 Å². The van der Waals surface area contributed by atoms with E-state index in [2.05, 4.69) is 14.9 Å². The molecule has 1 aromatic heterocycles.